The molecule has 0 spiro atoms. The zero-order valence-electron chi connectivity index (χ0n) is 9.83. The monoisotopic (exact) mass is 243 g/mol. The van der Waals surface area contributed by atoms with E-state index in [9.17, 15) is 14.3 Å². The van der Waals surface area contributed by atoms with Crippen molar-refractivity contribution >= 4 is 5.78 Å². The lowest BCUT2D eigenvalue weighted by Crippen LogP contribution is -2.19. The van der Waals surface area contributed by atoms with E-state index in [0.717, 1.165) is 6.07 Å². The van der Waals surface area contributed by atoms with Crippen LogP contribution in [0.5, 0.6) is 17.2 Å². The summed E-state index contributed by atoms with van der Waals surface area (Å²) in [5.74, 6) is -2.07. The summed E-state index contributed by atoms with van der Waals surface area (Å²) in [5.41, 5.74) is -0.223. The number of carbonyl (C=O) groups is 1. The summed E-state index contributed by atoms with van der Waals surface area (Å²) >= 11 is 0. The van der Waals surface area contributed by atoms with Crippen LogP contribution in [0.4, 0.5) is 4.39 Å². The Morgan fingerprint density at radius 2 is 2.12 bits per heavy atom. The van der Waals surface area contributed by atoms with E-state index in [1.807, 2.05) is 0 Å². The minimum atomic E-state index is -0.929. The fourth-order valence-electron chi connectivity index (χ4n) is 1.46. The first kappa shape index (κ1) is 13.2. The highest BCUT2D eigenvalue weighted by atomic mass is 19.1. The standard InChI is InChI=1S/C11H14FNO4/c1-13-5-7(14)9-10(15)6(12)4-8(16-2)11(9)17-3/h4,13,15H,5H2,1-3H3. The van der Waals surface area contributed by atoms with Crippen LogP contribution in [0.1, 0.15) is 10.4 Å². The zero-order valence-corrected chi connectivity index (χ0v) is 9.83. The van der Waals surface area contributed by atoms with Crippen LogP contribution in [0.25, 0.3) is 0 Å². The summed E-state index contributed by atoms with van der Waals surface area (Å²) in [6.07, 6.45) is 0. The van der Waals surface area contributed by atoms with E-state index >= 15 is 0 Å². The molecule has 5 nitrogen and oxygen atoms in total. The van der Waals surface area contributed by atoms with E-state index in [-0.39, 0.29) is 23.6 Å². The topological polar surface area (TPSA) is 67.8 Å². The van der Waals surface area contributed by atoms with Gasteiger partial charge in [-0.1, -0.05) is 0 Å². The van der Waals surface area contributed by atoms with Crippen LogP contribution < -0.4 is 14.8 Å². The van der Waals surface area contributed by atoms with E-state index in [1.165, 1.54) is 14.2 Å². The van der Waals surface area contributed by atoms with Gasteiger partial charge < -0.3 is 19.9 Å². The number of halogens is 1. The lowest BCUT2D eigenvalue weighted by atomic mass is 10.1. The second-order valence-electron chi connectivity index (χ2n) is 3.27. The SMILES string of the molecule is CNCC(=O)c1c(O)c(F)cc(OC)c1OC. The van der Waals surface area contributed by atoms with Crippen LogP contribution in [0, 0.1) is 5.82 Å². The first-order valence-electron chi connectivity index (χ1n) is 4.88. The number of likely N-dealkylation sites (N-methyl/N-ethyl adjacent to an activating group) is 1. The Bertz CT molecular complexity index is 434. The Kier molecular flexibility index (Phi) is 4.28. The van der Waals surface area contributed by atoms with Gasteiger partial charge in [-0.2, -0.15) is 0 Å². The number of rotatable bonds is 5. The average Bonchev–Trinajstić information content (AvgIpc) is 2.31. The number of nitrogens with one attached hydrogen (secondary N) is 1. The van der Waals surface area contributed by atoms with Crippen molar-refractivity contribution in [2.45, 2.75) is 0 Å². The molecule has 0 saturated heterocycles. The molecule has 0 bridgehead atoms. The van der Waals surface area contributed by atoms with Gasteiger partial charge in [0.05, 0.1) is 20.8 Å². The van der Waals surface area contributed by atoms with Crippen molar-refractivity contribution in [2.75, 3.05) is 27.8 Å². The van der Waals surface area contributed by atoms with Crippen molar-refractivity contribution in [3.05, 3.63) is 17.4 Å². The Balaban J connectivity index is 3.43. The van der Waals surface area contributed by atoms with Crippen LogP contribution in [-0.2, 0) is 0 Å². The van der Waals surface area contributed by atoms with Gasteiger partial charge in [0.2, 0.25) is 0 Å². The molecule has 0 aromatic heterocycles. The molecule has 0 radical (unpaired) electrons. The summed E-state index contributed by atoms with van der Waals surface area (Å²) in [5, 5.41) is 12.2. The third-order valence-electron chi connectivity index (χ3n) is 2.21. The molecule has 17 heavy (non-hydrogen) atoms. The van der Waals surface area contributed by atoms with Gasteiger partial charge in [-0.15, -0.1) is 0 Å². The van der Waals surface area contributed by atoms with Crippen LogP contribution in [0.3, 0.4) is 0 Å². The van der Waals surface area contributed by atoms with Gasteiger partial charge >= 0.3 is 0 Å². The number of benzene rings is 1. The van der Waals surface area contributed by atoms with Gasteiger partial charge in [0, 0.05) is 6.07 Å². The highest BCUT2D eigenvalue weighted by Gasteiger charge is 2.24. The minimum Gasteiger partial charge on any atom is -0.504 e. The van der Waals surface area contributed by atoms with Crippen LogP contribution >= 0.6 is 0 Å². The molecule has 1 aromatic rings. The molecule has 0 unspecified atom stereocenters. The predicted molar refractivity (Wildman–Crippen MR) is 59.4 cm³/mol. The molecule has 0 amide bonds. The molecule has 0 atom stereocenters. The van der Waals surface area contributed by atoms with Crippen molar-refractivity contribution in [3.8, 4) is 17.2 Å². The van der Waals surface area contributed by atoms with Crippen molar-refractivity contribution < 1.29 is 23.8 Å². The quantitative estimate of drug-likeness (QED) is 0.754. The van der Waals surface area contributed by atoms with Crippen molar-refractivity contribution in [3.63, 3.8) is 0 Å². The number of ketones is 1. The van der Waals surface area contributed by atoms with Crippen molar-refractivity contribution in [1.29, 1.82) is 0 Å². The van der Waals surface area contributed by atoms with Crippen LogP contribution in [-0.4, -0.2) is 38.7 Å². The second kappa shape index (κ2) is 5.49. The van der Waals surface area contributed by atoms with Crippen LogP contribution in [0.15, 0.2) is 6.07 Å². The number of phenols is 1. The Labute approximate surface area is 98.2 Å². The first-order valence-corrected chi connectivity index (χ1v) is 4.88. The van der Waals surface area contributed by atoms with Crippen LogP contribution in [0.2, 0.25) is 0 Å². The lowest BCUT2D eigenvalue weighted by Gasteiger charge is -2.13. The van der Waals surface area contributed by atoms with Gasteiger partial charge in [0.15, 0.2) is 28.8 Å². The van der Waals surface area contributed by atoms with Crippen molar-refractivity contribution in [2.24, 2.45) is 0 Å². The second-order valence-corrected chi connectivity index (χ2v) is 3.27. The zero-order chi connectivity index (χ0) is 13.0. The molecule has 94 valence electrons. The fraction of sp³-hybridized carbons (Fsp3) is 0.364. The maximum Gasteiger partial charge on any atom is 0.184 e. The van der Waals surface area contributed by atoms with Gasteiger partial charge in [-0.25, -0.2) is 4.39 Å². The number of hydrogen-bond acceptors (Lipinski definition) is 5. The molecule has 1 aromatic carbocycles. The third kappa shape index (κ3) is 2.47. The molecule has 1 rings (SSSR count). The van der Waals surface area contributed by atoms with Gasteiger partial charge in [0.1, 0.15) is 5.56 Å². The number of methoxy groups -OCH3 is 2. The number of phenolic OH excluding ortho intramolecular Hbond substituents is 1. The van der Waals surface area contributed by atoms with Gasteiger partial charge in [0.25, 0.3) is 0 Å². The minimum absolute atomic E-state index is 0.0200. The van der Waals surface area contributed by atoms with Crippen molar-refractivity contribution in [1.82, 2.24) is 5.32 Å². The van der Waals surface area contributed by atoms with E-state index in [0.29, 0.717) is 0 Å². The fourth-order valence-corrected chi connectivity index (χ4v) is 1.46. The Morgan fingerprint density at radius 1 is 1.47 bits per heavy atom. The number of carbonyl (C=O) groups excluding carboxylic acids is 1. The van der Waals surface area contributed by atoms with E-state index < -0.39 is 17.3 Å². The highest BCUT2D eigenvalue weighted by molar-refractivity contribution is 6.03. The lowest BCUT2D eigenvalue weighted by molar-refractivity contribution is 0.0986. The molecule has 6 heteroatoms. The maximum absolute atomic E-state index is 13.4. The number of Topliss-reactive ketones (excluding diaryl/α,β-unsaturated/α-hetero) is 1. The first-order chi connectivity index (χ1) is 8.06. The van der Waals surface area contributed by atoms with E-state index in [4.69, 9.17) is 9.47 Å². The number of aromatic hydroxyl groups is 1. The summed E-state index contributed by atoms with van der Waals surface area (Å²) in [6.45, 7) is -0.0451. The highest BCUT2D eigenvalue weighted by Crippen LogP contribution is 2.39. The summed E-state index contributed by atoms with van der Waals surface area (Å²) in [4.78, 5) is 11.7. The number of ether oxygens (including phenoxy) is 2. The molecule has 0 aliphatic carbocycles. The molecule has 0 saturated carbocycles. The van der Waals surface area contributed by atoms with Gasteiger partial charge in [-0.05, 0) is 7.05 Å². The molecule has 0 heterocycles. The Morgan fingerprint density at radius 3 is 2.59 bits per heavy atom. The van der Waals surface area contributed by atoms with Gasteiger partial charge in [-0.3, -0.25) is 4.79 Å². The van der Waals surface area contributed by atoms with E-state index in [1.54, 1.807) is 7.05 Å². The summed E-state index contributed by atoms with van der Waals surface area (Å²) < 4.78 is 23.2. The molecule has 0 aliphatic rings. The molecule has 0 fully saturated rings. The molecule has 2 N–H and O–H groups in total. The summed E-state index contributed by atoms with van der Waals surface area (Å²) in [6, 6.07) is 0.963. The maximum atomic E-state index is 13.4. The Hall–Kier alpha value is -1.82. The number of hydrogen-bond donors (Lipinski definition) is 2. The molecule has 0 aliphatic heterocycles. The molecular formula is C11H14FNO4. The average molecular weight is 243 g/mol. The largest absolute Gasteiger partial charge is 0.504 e. The smallest absolute Gasteiger partial charge is 0.184 e. The summed E-state index contributed by atoms with van der Waals surface area (Å²) in [7, 11) is 4.20. The normalized spacial score (nSPS) is 10.1. The predicted octanol–water partition coefficient (Wildman–Crippen LogP) is 0.951. The van der Waals surface area contributed by atoms with E-state index in [2.05, 4.69) is 5.32 Å². The molecular weight excluding hydrogens is 229 g/mol. The third-order valence-corrected chi connectivity index (χ3v) is 2.21.